The molecule has 0 saturated heterocycles. The number of rotatable bonds is 0. The maximum absolute atomic E-state index is 6.25. The summed E-state index contributed by atoms with van der Waals surface area (Å²) < 4.78 is 0. The fraction of sp³-hybridized carbons (Fsp3) is 0. The molecule has 0 spiro atoms. The molecule has 0 atom stereocenters. The maximum Gasteiger partial charge on any atom is 2.00 e. The van der Waals surface area contributed by atoms with Crippen LogP contribution in [0.5, 0.6) is 0 Å². The summed E-state index contributed by atoms with van der Waals surface area (Å²) in [7, 11) is 0. The van der Waals surface area contributed by atoms with Gasteiger partial charge in [-0.3, -0.25) is 4.70 Å². The summed E-state index contributed by atoms with van der Waals surface area (Å²) in [5.41, 5.74) is 0. The average Bonchev–Trinajstić information content (AvgIpc) is 1.00. The van der Waals surface area contributed by atoms with Gasteiger partial charge < -0.3 is 19.4 Å². The van der Waals surface area contributed by atoms with Crippen LogP contribution in [0.4, 0.5) is 4.70 Å². The topological polar surface area (TPSA) is 57.3 Å². The van der Waals surface area contributed by atoms with Crippen LogP contribution >= 0.6 is 0 Å². The van der Waals surface area contributed by atoms with E-state index >= 15 is 0 Å². The van der Waals surface area contributed by atoms with Crippen molar-refractivity contribution in [2.75, 3.05) is 0 Å². The number of hydrogen-bond donors (Lipinski definition) is 0. The second kappa shape index (κ2) is 84.9. The molecule has 34 valence electrons. The van der Waals surface area contributed by atoms with E-state index in [0.717, 1.165) is 0 Å². The molecular weight excluding hydrogens is 154 g/mol. The zero-order chi connectivity index (χ0) is 2.00. The van der Waals surface area contributed by atoms with Crippen LogP contribution in [0.1, 0.15) is 1.43 Å². The molecule has 0 fully saturated rings. The molecule has 0 aliphatic carbocycles. The fourth-order valence-electron chi connectivity index (χ4n) is 0. The molecule has 0 aliphatic heterocycles. The zero-order valence-electron chi connectivity index (χ0n) is 4.29. The first-order chi connectivity index (χ1) is 1.00. The Morgan fingerprint density at radius 2 is 1.33 bits per heavy atom. The van der Waals surface area contributed by atoms with Crippen LogP contribution in [0.15, 0.2) is 0 Å². The van der Waals surface area contributed by atoms with Gasteiger partial charge in [0, 0.05) is 0 Å². The van der Waals surface area contributed by atoms with Crippen LogP contribution in [0.3, 0.4) is 0 Å². The Labute approximate surface area is 91.0 Å². The van der Waals surface area contributed by atoms with E-state index in [2.05, 4.69) is 0 Å². The van der Waals surface area contributed by atoms with Crippen molar-refractivity contribution < 1.29 is 74.6 Å². The summed E-state index contributed by atoms with van der Waals surface area (Å²) in [5.74, 6) is 0. The number of halogens is 1. The van der Waals surface area contributed by atoms with E-state index in [4.69, 9.17) is 11.8 Å². The van der Waals surface area contributed by atoms with Crippen LogP contribution in [-0.4, -0.2) is 0 Å². The van der Waals surface area contributed by atoms with Gasteiger partial charge in [0.05, 0.1) is 0 Å². The second-order valence-corrected chi connectivity index (χ2v) is 0. The van der Waals surface area contributed by atoms with Gasteiger partial charge in [-0.25, -0.2) is 0 Å². The minimum Gasteiger partial charge on any atom is -1.00 e. The Morgan fingerprint density at radius 1 is 1.33 bits per heavy atom. The van der Waals surface area contributed by atoms with E-state index in [1.54, 1.807) is 0 Å². The van der Waals surface area contributed by atoms with Crippen LogP contribution in [0.25, 0.3) is 6.15 Å². The molecule has 0 radical (unpaired) electrons. The van der Waals surface area contributed by atoms with Gasteiger partial charge in [0.25, 0.3) is 0 Å². The molecule has 2 nitrogen and oxygen atoms in total. The van der Waals surface area contributed by atoms with Crippen LogP contribution in [0.2, 0.25) is 0 Å². The van der Waals surface area contributed by atoms with E-state index in [1.165, 1.54) is 0 Å². The predicted octanol–water partition coefficient (Wildman–Crippen LogP) is -1.92. The monoisotopic (exact) mass is 158 g/mol. The molecule has 0 aromatic carbocycles. The first-order valence-corrected chi connectivity index (χ1v) is 0.224. The fourth-order valence-corrected chi connectivity index (χ4v) is 0. The molecular formula is CH4FFeKN2. The molecule has 0 heterocycles. The minimum absolute atomic E-state index is 0. The van der Waals surface area contributed by atoms with Gasteiger partial charge in [0.1, 0.15) is 0 Å². The molecule has 0 saturated carbocycles. The molecule has 2 N–H and O–H groups in total. The molecule has 0 rings (SSSR count). The van der Waals surface area contributed by atoms with E-state index < -0.39 is 0 Å². The Hall–Kier alpha value is 1.54. The molecule has 0 aromatic heterocycles. The van der Waals surface area contributed by atoms with Crippen molar-refractivity contribution in [2.24, 2.45) is 0 Å². The van der Waals surface area contributed by atoms with Crippen LogP contribution in [0, 0.1) is 11.8 Å². The van der Waals surface area contributed by atoms with E-state index in [-0.39, 0.29) is 80.7 Å². The van der Waals surface area contributed by atoms with Crippen LogP contribution < -0.4 is 51.4 Å². The van der Waals surface area contributed by atoms with E-state index in [0.29, 0.717) is 0 Å². The zero-order valence-corrected chi connectivity index (χ0v) is 7.51. The molecule has 0 unspecified atom stereocenters. The van der Waals surface area contributed by atoms with Gasteiger partial charge in [-0.2, -0.15) is 0 Å². The molecule has 6 heavy (non-hydrogen) atoms. The first kappa shape index (κ1) is 50.1. The van der Waals surface area contributed by atoms with Crippen molar-refractivity contribution in [3.8, 4) is 0 Å². The first-order valence-electron chi connectivity index (χ1n) is 0.224. The maximum atomic E-state index is 6.25. The predicted molar refractivity (Wildman–Crippen MR) is 13.9 cm³/mol. The van der Waals surface area contributed by atoms with Crippen molar-refractivity contribution >= 4 is 0 Å². The molecule has 0 aromatic rings. The SMILES string of the molecule is F.[C-]#N.[Fe+2].[H-].[K+].[NH2-]. The molecule has 5 heteroatoms. The Bertz CT molecular complexity index is 22.4. The standard InChI is InChI=1S/CN.FH.Fe.K.H2N.H/c1-2;;;;;/h;1H;;;1H2;/q-1;;+2;+1;2*-1. The van der Waals surface area contributed by atoms with Crippen molar-refractivity contribution in [3.63, 3.8) is 0 Å². The van der Waals surface area contributed by atoms with Crippen LogP contribution in [-0.2, 0) is 17.1 Å². The largest absolute Gasteiger partial charge is 2.00 e. The van der Waals surface area contributed by atoms with E-state index in [9.17, 15) is 0 Å². The van der Waals surface area contributed by atoms with Gasteiger partial charge in [-0.15, -0.1) is 0 Å². The number of nitrogens with zero attached hydrogens (tertiary/aromatic N) is 1. The summed E-state index contributed by atoms with van der Waals surface area (Å²) in [6.45, 7) is 4.75. The smallest absolute Gasteiger partial charge is 1.00 e. The Balaban J connectivity index is -0.000000000500. The van der Waals surface area contributed by atoms with Gasteiger partial charge >= 0.3 is 68.5 Å². The van der Waals surface area contributed by atoms with Gasteiger partial charge in [0.2, 0.25) is 0 Å². The van der Waals surface area contributed by atoms with Gasteiger partial charge in [-0.1, -0.05) is 0 Å². The number of hydrogen-bond acceptors (Lipinski definition) is 1. The minimum atomic E-state index is 0. The summed E-state index contributed by atoms with van der Waals surface area (Å²) in [4.78, 5) is 0. The van der Waals surface area contributed by atoms with Crippen molar-refractivity contribution in [1.82, 2.24) is 0 Å². The summed E-state index contributed by atoms with van der Waals surface area (Å²) in [6, 6.07) is 0. The summed E-state index contributed by atoms with van der Waals surface area (Å²) in [5, 5.41) is 6.25. The summed E-state index contributed by atoms with van der Waals surface area (Å²) in [6.07, 6.45) is 0. The molecule has 0 bridgehead atoms. The number of nitrogens with two attached hydrogens (primary N) is 1. The summed E-state index contributed by atoms with van der Waals surface area (Å²) >= 11 is 0. The van der Waals surface area contributed by atoms with Crippen molar-refractivity contribution in [3.05, 3.63) is 12.7 Å². The van der Waals surface area contributed by atoms with Crippen molar-refractivity contribution in [2.45, 2.75) is 0 Å². The third-order valence-electron chi connectivity index (χ3n) is 0. The van der Waals surface area contributed by atoms with E-state index in [1.807, 2.05) is 0 Å². The quantitative estimate of drug-likeness (QED) is 0.299. The van der Waals surface area contributed by atoms with Crippen molar-refractivity contribution in [1.29, 1.82) is 5.26 Å². The third-order valence-corrected chi connectivity index (χ3v) is 0. The molecule has 0 aliphatic rings. The van der Waals surface area contributed by atoms with Gasteiger partial charge in [-0.05, 0) is 0 Å². The Kier molecular flexibility index (Phi) is 708. The Morgan fingerprint density at radius 3 is 1.33 bits per heavy atom. The third kappa shape index (κ3) is 48.3. The van der Waals surface area contributed by atoms with Gasteiger partial charge in [0.15, 0.2) is 0 Å². The molecule has 0 amide bonds. The second-order valence-electron chi connectivity index (χ2n) is 0. The average molecular weight is 158 g/mol. The normalized spacial score (nSPS) is 0.333.